The van der Waals surface area contributed by atoms with Gasteiger partial charge in [-0.2, -0.15) is 0 Å². The molecule has 0 fully saturated rings. The van der Waals surface area contributed by atoms with Crippen molar-refractivity contribution in [3.63, 3.8) is 0 Å². The molecule has 142 valence electrons. The van der Waals surface area contributed by atoms with E-state index >= 15 is 0 Å². The van der Waals surface area contributed by atoms with E-state index in [4.69, 9.17) is 0 Å². The summed E-state index contributed by atoms with van der Waals surface area (Å²) in [7, 11) is 0. The Kier molecular flexibility index (Phi) is 6.21. The first-order chi connectivity index (χ1) is 12.8. The topological polar surface area (TPSA) is 156 Å². The second-order valence-electron chi connectivity index (χ2n) is 5.72. The minimum Gasteiger partial charge on any atom is -0.508 e. The molecule has 6 N–H and O–H groups in total. The van der Waals surface area contributed by atoms with E-state index < -0.39 is 36.1 Å². The maximum absolute atomic E-state index is 11.9. The van der Waals surface area contributed by atoms with Gasteiger partial charge in [0.1, 0.15) is 11.8 Å². The molecule has 0 saturated heterocycles. The molecule has 2 rings (SSSR count). The Morgan fingerprint density at radius 3 is 2.19 bits per heavy atom. The summed E-state index contributed by atoms with van der Waals surface area (Å²) in [6.45, 7) is -0.472. The van der Waals surface area contributed by atoms with Crippen molar-refractivity contribution in [2.24, 2.45) is 0 Å². The first-order valence-corrected chi connectivity index (χ1v) is 7.86. The zero-order valence-corrected chi connectivity index (χ0v) is 14.0. The summed E-state index contributed by atoms with van der Waals surface area (Å²) in [6.07, 6.45) is 0.00113. The van der Waals surface area contributed by atoms with Crippen molar-refractivity contribution in [3.8, 4) is 17.2 Å². The fourth-order valence-electron chi connectivity index (χ4n) is 2.24. The largest absolute Gasteiger partial charge is 0.508 e. The van der Waals surface area contributed by atoms with Crippen molar-refractivity contribution in [1.82, 2.24) is 10.6 Å². The van der Waals surface area contributed by atoms with E-state index in [1.165, 1.54) is 30.3 Å². The molecule has 27 heavy (non-hydrogen) atoms. The molecule has 0 saturated carbocycles. The number of benzene rings is 2. The summed E-state index contributed by atoms with van der Waals surface area (Å²) in [5.41, 5.74) is 0.626. The normalized spacial score (nSPS) is 11.4. The number of carboxylic acids is 1. The highest BCUT2D eigenvalue weighted by molar-refractivity contribution is 5.97. The Morgan fingerprint density at radius 2 is 1.59 bits per heavy atom. The Morgan fingerprint density at radius 1 is 0.926 bits per heavy atom. The van der Waals surface area contributed by atoms with Crippen LogP contribution < -0.4 is 10.6 Å². The molecule has 0 unspecified atom stereocenters. The van der Waals surface area contributed by atoms with Crippen LogP contribution in [0.15, 0.2) is 42.5 Å². The quantitative estimate of drug-likeness (QED) is 0.382. The van der Waals surface area contributed by atoms with Crippen molar-refractivity contribution >= 4 is 17.8 Å². The van der Waals surface area contributed by atoms with Gasteiger partial charge in [-0.25, -0.2) is 4.79 Å². The van der Waals surface area contributed by atoms with Crippen LogP contribution >= 0.6 is 0 Å². The van der Waals surface area contributed by atoms with Gasteiger partial charge >= 0.3 is 5.97 Å². The number of rotatable bonds is 7. The van der Waals surface area contributed by atoms with Gasteiger partial charge in [-0.05, 0) is 35.9 Å². The lowest BCUT2D eigenvalue weighted by Crippen LogP contribution is -2.46. The van der Waals surface area contributed by atoms with Crippen LogP contribution in [0, 0.1) is 0 Å². The van der Waals surface area contributed by atoms with Crippen molar-refractivity contribution in [3.05, 3.63) is 53.6 Å². The van der Waals surface area contributed by atoms with Crippen molar-refractivity contribution in [1.29, 1.82) is 0 Å². The third kappa shape index (κ3) is 5.63. The molecular formula is C18H18N2O7. The van der Waals surface area contributed by atoms with Crippen LogP contribution in [0.3, 0.4) is 0 Å². The summed E-state index contributed by atoms with van der Waals surface area (Å²) in [6, 6.07) is 8.10. The molecule has 2 aromatic carbocycles. The first kappa shape index (κ1) is 19.6. The summed E-state index contributed by atoms with van der Waals surface area (Å²) >= 11 is 0. The fraction of sp³-hybridized carbons (Fsp3) is 0.167. The molecule has 0 radical (unpaired) electrons. The predicted octanol–water partition coefficient (Wildman–Crippen LogP) is 0.345. The Hall–Kier alpha value is -3.75. The third-order valence-electron chi connectivity index (χ3n) is 3.66. The van der Waals surface area contributed by atoms with Crippen LogP contribution in [0.25, 0.3) is 0 Å². The number of amides is 2. The Bertz CT molecular complexity index is 849. The van der Waals surface area contributed by atoms with Gasteiger partial charge in [-0.1, -0.05) is 12.1 Å². The molecule has 2 amide bonds. The second-order valence-corrected chi connectivity index (χ2v) is 5.72. The summed E-state index contributed by atoms with van der Waals surface area (Å²) in [4.78, 5) is 35.2. The van der Waals surface area contributed by atoms with Gasteiger partial charge in [-0.3, -0.25) is 9.59 Å². The fourth-order valence-corrected chi connectivity index (χ4v) is 2.24. The minimum absolute atomic E-state index is 0.00113. The van der Waals surface area contributed by atoms with Gasteiger partial charge in [0.25, 0.3) is 5.91 Å². The van der Waals surface area contributed by atoms with Crippen molar-refractivity contribution in [2.75, 3.05) is 6.54 Å². The molecular weight excluding hydrogens is 356 g/mol. The number of nitrogens with one attached hydrogen (secondary N) is 2. The summed E-state index contributed by atoms with van der Waals surface area (Å²) in [5, 5.41) is 41.7. The number of hydrogen-bond donors (Lipinski definition) is 6. The Balaban J connectivity index is 1.91. The highest BCUT2D eigenvalue weighted by atomic mass is 16.4. The number of phenols is 3. The van der Waals surface area contributed by atoms with Gasteiger partial charge in [-0.15, -0.1) is 0 Å². The Labute approximate surface area is 153 Å². The molecule has 0 heterocycles. The van der Waals surface area contributed by atoms with Crippen LogP contribution in [0.1, 0.15) is 15.9 Å². The number of aliphatic carboxylic acids is 1. The second kappa shape index (κ2) is 8.56. The number of carboxylic acid groups (broad SMARTS) is 1. The molecule has 0 aliphatic carbocycles. The van der Waals surface area contributed by atoms with E-state index in [0.717, 1.165) is 12.1 Å². The van der Waals surface area contributed by atoms with Gasteiger partial charge in [0.15, 0.2) is 11.5 Å². The lowest BCUT2D eigenvalue weighted by molar-refractivity contribution is -0.141. The smallest absolute Gasteiger partial charge is 0.326 e. The third-order valence-corrected chi connectivity index (χ3v) is 3.66. The van der Waals surface area contributed by atoms with Gasteiger partial charge < -0.3 is 31.1 Å². The lowest BCUT2D eigenvalue weighted by atomic mass is 10.1. The monoisotopic (exact) mass is 374 g/mol. The van der Waals surface area contributed by atoms with Crippen LogP contribution in [-0.4, -0.2) is 50.8 Å². The molecule has 0 aliphatic heterocycles. The van der Waals surface area contributed by atoms with Crippen LogP contribution in [0.2, 0.25) is 0 Å². The summed E-state index contributed by atoms with van der Waals surface area (Å²) in [5.74, 6) is -3.46. The van der Waals surface area contributed by atoms with E-state index in [9.17, 15) is 34.8 Å². The molecule has 2 aromatic rings. The first-order valence-electron chi connectivity index (χ1n) is 7.86. The summed E-state index contributed by atoms with van der Waals surface area (Å²) < 4.78 is 0. The number of phenolic OH excluding ortho intramolecular Hbond substituents is 3. The van der Waals surface area contributed by atoms with E-state index in [1.807, 2.05) is 0 Å². The van der Waals surface area contributed by atoms with E-state index in [0.29, 0.717) is 5.56 Å². The molecule has 9 heteroatoms. The number of aromatic hydroxyl groups is 3. The molecule has 0 spiro atoms. The average molecular weight is 374 g/mol. The van der Waals surface area contributed by atoms with Gasteiger partial charge in [0.05, 0.1) is 6.54 Å². The molecule has 0 aliphatic rings. The molecule has 0 aromatic heterocycles. The molecule has 1 atom stereocenters. The maximum Gasteiger partial charge on any atom is 0.326 e. The highest BCUT2D eigenvalue weighted by Crippen LogP contribution is 2.24. The zero-order valence-electron chi connectivity index (χ0n) is 14.0. The van der Waals surface area contributed by atoms with Crippen molar-refractivity contribution in [2.45, 2.75) is 12.5 Å². The van der Waals surface area contributed by atoms with E-state index in [1.54, 1.807) is 0 Å². The highest BCUT2D eigenvalue weighted by Gasteiger charge is 2.21. The van der Waals surface area contributed by atoms with Crippen molar-refractivity contribution < 1.29 is 34.8 Å². The average Bonchev–Trinajstić information content (AvgIpc) is 2.63. The lowest BCUT2D eigenvalue weighted by Gasteiger charge is -2.15. The number of hydrogen-bond acceptors (Lipinski definition) is 6. The molecule has 9 nitrogen and oxygen atoms in total. The van der Waals surface area contributed by atoms with Crippen LogP contribution in [0.4, 0.5) is 0 Å². The predicted molar refractivity (Wildman–Crippen MR) is 93.5 cm³/mol. The molecule has 0 bridgehead atoms. The van der Waals surface area contributed by atoms with E-state index in [2.05, 4.69) is 10.6 Å². The van der Waals surface area contributed by atoms with Crippen LogP contribution in [-0.2, 0) is 16.0 Å². The minimum atomic E-state index is -1.24. The SMILES string of the molecule is O=C(CNC(=O)c1ccc(O)c(O)c1)N[C@@H](Cc1ccc(O)cc1)C(=O)O. The van der Waals surface area contributed by atoms with Crippen LogP contribution in [0.5, 0.6) is 17.2 Å². The number of carbonyl (C=O) groups is 3. The zero-order chi connectivity index (χ0) is 20.0. The van der Waals surface area contributed by atoms with Gasteiger partial charge in [0, 0.05) is 12.0 Å². The van der Waals surface area contributed by atoms with E-state index in [-0.39, 0.29) is 23.5 Å². The number of carbonyl (C=O) groups excluding carboxylic acids is 2. The van der Waals surface area contributed by atoms with Gasteiger partial charge in [0.2, 0.25) is 5.91 Å². The standard InChI is InChI=1S/C18H18N2O7/c21-12-4-1-10(2-5-12)7-13(18(26)27)20-16(24)9-19-17(25)11-3-6-14(22)15(23)8-11/h1-6,8,13,21-23H,7,9H2,(H,19,25)(H,20,24)(H,26,27)/t13-/m0/s1. The maximum atomic E-state index is 11.9.